The van der Waals surface area contributed by atoms with Crippen molar-refractivity contribution in [1.29, 1.82) is 5.26 Å². The van der Waals surface area contributed by atoms with E-state index in [1.165, 1.54) is 24.3 Å². The van der Waals surface area contributed by atoms with Gasteiger partial charge in [-0.3, -0.25) is 0 Å². The van der Waals surface area contributed by atoms with Crippen LogP contribution in [-0.4, -0.2) is 11.2 Å². The molecule has 0 amide bonds. The molecule has 0 fully saturated rings. The van der Waals surface area contributed by atoms with Crippen LogP contribution in [-0.2, 0) is 4.79 Å². The molecule has 1 aromatic rings. The van der Waals surface area contributed by atoms with Crippen molar-refractivity contribution in [2.24, 2.45) is 4.99 Å². The number of hydrogen-bond acceptors (Lipinski definition) is 4. The normalized spacial score (nSPS) is 8.25. The maximum atomic E-state index is 9.88. The van der Waals surface area contributed by atoms with Crippen molar-refractivity contribution >= 4 is 11.8 Å². The summed E-state index contributed by atoms with van der Waals surface area (Å²) in [6.07, 6.45) is 1.26. The van der Waals surface area contributed by atoms with Gasteiger partial charge in [0.15, 0.2) is 0 Å². The maximum Gasteiger partial charge on any atom is 0.240 e. The van der Waals surface area contributed by atoms with Crippen molar-refractivity contribution in [2.45, 2.75) is 0 Å². The Bertz CT molecular complexity index is 387. The Kier molecular flexibility index (Phi) is 2.22. The second-order valence-electron chi connectivity index (χ2n) is 1.99. The average molecular weight is 160 g/mol. The third-order valence-corrected chi connectivity index (χ3v) is 1.29. The number of para-hydroxylation sites is 1. The predicted octanol–water partition coefficient (Wildman–Crippen LogP) is 1.23. The van der Waals surface area contributed by atoms with Crippen LogP contribution in [0.2, 0.25) is 0 Å². The van der Waals surface area contributed by atoms with Crippen LogP contribution in [0.1, 0.15) is 5.56 Å². The summed E-state index contributed by atoms with van der Waals surface area (Å²) < 4.78 is 0. The van der Waals surface area contributed by atoms with E-state index in [1.54, 1.807) is 6.07 Å². The molecule has 1 aromatic carbocycles. The molecule has 0 spiro atoms. The summed E-state index contributed by atoms with van der Waals surface area (Å²) in [6.45, 7) is 0. The van der Waals surface area contributed by atoms with Gasteiger partial charge in [0, 0.05) is 0 Å². The zero-order valence-electron chi connectivity index (χ0n) is 5.98. The fraction of sp³-hybridized carbons (Fsp3) is 0. The predicted molar refractivity (Wildman–Crippen MR) is 40.6 cm³/mol. The smallest absolute Gasteiger partial charge is 0.240 e. The first-order chi connectivity index (χ1) is 5.79. The number of aromatic hydroxyl groups is 1. The van der Waals surface area contributed by atoms with E-state index in [0.29, 0.717) is 0 Å². The molecule has 0 saturated heterocycles. The molecule has 0 bridgehead atoms. The van der Waals surface area contributed by atoms with Gasteiger partial charge in [0.1, 0.15) is 17.5 Å². The second kappa shape index (κ2) is 3.33. The molecule has 0 aliphatic rings. The Hall–Kier alpha value is -2.11. The lowest BCUT2D eigenvalue weighted by Gasteiger charge is -1.96. The van der Waals surface area contributed by atoms with E-state index in [0.717, 1.165) is 0 Å². The number of hydrogen-bond donors (Lipinski definition) is 1. The lowest BCUT2D eigenvalue weighted by molar-refractivity contribution is 0.476. The number of benzene rings is 1. The summed E-state index contributed by atoms with van der Waals surface area (Å²) in [6, 6.07) is 6.08. The molecule has 0 saturated carbocycles. The van der Waals surface area contributed by atoms with E-state index < -0.39 is 0 Å². The Labute approximate surface area is 68.4 Å². The molecule has 0 heterocycles. The lowest BCUT2D eigenvalue weighted by Crippen LogP contribution is -1.75. The molecule has 0 unspecified atom stereocenters. The van der Waals surface area contributed by atoms with Gasteiger partial charge in [-0.15, -0.1) is 0 Å². The molecular weight excluding hydrogens is 156 g/mol. The number of nitrogens with zero attached hydrogens (tertiary/aromatic N) is 2. The Morgan fingerprint density at radius 1 is 1.50 bits per heavy atom. The zero-order chi connectivity index (χ0) is 8.97. The number of phenols is 1. The molecule has 1 N–H and O–H groups in total. The summed E-state index contributed by atoms with van der Waals surface area (Å²) in [5, 5.41) is 17.6. The van der Waals surface area contributed by atoms with Crippen LogP contribution in [0.4, 0.5) is 5.69 Å². The van der Waals surface area contributed by atoms with Crippen molar-refractivity contribution in [3.63, 3.8) is 0 Å². The van der Waals surface area contributed by atoms with Gasteiger partial charge in [-0.1, -0.05) is 6.07 Å². The van der Waals surface area contributed by atoms with Gasteiger partial charge in [-0.05, 0) is 12.1 Å². The summed E-state index contributed by atoms with van der Waals surface area (Å²) in [5.41, 5.74) is 0.119. The zero-order valence-corrected chi connectivity index (χ0v) is 5.98. The molecule has 4 heteroatoms. The average Bonchev–Trinajstić information content (AvgIpc) is 2.09. The van der Waals surface area contributed by atoms with Gasteiger partial charge in [-0.25, -0.2) is 4.79 Å². The number of aliphatic imine (C=N–C) groups is 1. The van der Waals surface area contributed by atoms with E-state index in [-0.39, 0.29) is 17.0 Å². The molecule has 0 aliphatic heterocycles. The minimum Gasteiger partial charge on any atom is -0.506 e. The quantitative estimate of drug-likeness (QED) is 0.496. The fourth-order valence-corrected chi connectivity index (χ4v) is 0.785. The first-order valence-electron chi connectivity index (χ1n) is 3.09. The minimum atomic E-state index is -0.197. The topological polar surface area (TPSA) is 73.4 Å². The third kappa shape index (κ3) is 1.31. The molecule has 12 heavy (non-hydrogen) atoms. The number of nitriles is 1. The standard InChI is InChI=1S/C8H4N2O2/c9-4-6-2-1-3-7(12)8(6)10-5-11/h1-3,12H. The van der Waals surface area contributed by atoms with Gasteiger partial charge in [0.05, 0.1) is 5.56 Å². The van der Waals surface area contributed by atoms with E-state index in [2.05, 4.69) is 4.99 Å². The minimum absolute atomic E-state index is 0.0324. The summed E-state index contributed by atoms with van der Waals surface area (Å²) in [5.74, 6) is -0.197. The van der Waals surface area contributed by atoms with Gasteiger partial charge in [0.25, 0.3) is 0 Å². The van der Waals surface area contributed by atoms with Crippen molar-refractivity contribution in [3.8, 4) is 11.8 Å². The van der Waals surface area contributed by atoms with E-state index in [9.17, 15) is 4.79 Å². The van der Waals surface area contributed by atoms with Crippen LogP contribution in [0.3, 0.4) is 0 Å². The Morgan fingerprint density at radius 2 is 2.25 bits per heavy atom. The third-order valence-electron chi connectivity index (χ3n) is 1.29. The van der Waals surface area contributed by atoms with Crippen LogP contribution in [0.25, 0.3) is 0 Å². The maximum absolute atomic E-state index is 9.88. The largest absolute Gasteiger partial charge is 0.506 e. The second-order valence-corrected chi connectivity index (χ2v) is 1.99. The molecule has 0 aromatic heterocycles. The summed E-state index contributed by atoms with van der Waals surface area (Å²) >= 11 is 0. The molecule has 0 aliphatic carbocycles. The molecular formula is C8H4N2O2. The lowest BCUT2D eigenvalue weighted by atomic mass is 10.2. The molecule has 58 valence electrons. The highest BCUT2D eigenvalue weighted by Crippen LogP contribution is 2.28. The van der Waals surface area contributed by atoms with Crippen molar-refractivity contribution in [1.82, 2.24) is 0 Å². The molecule has 0 atom stereocenters. The van der Waals surface area contributed by atoms with Gasteiger partial charge in [-0.2, -0.15) is 10.3 Å². The first kappa shape index (κ1) is 7.99. The van der Waals surface area contributed by atoms with Crippen LogP contribution in [0.5, 0.6) is 5.75 Å². The van der Waals surface area contributed by atoms with E-state index >= 15 is 0 Å². The van der Waals surface area contributed by atoms with E-state index in [1.807, 2.05) is 0 Å². The SMILES string of the molecule is N#Cc1cccc(O)c1N=C=O. The first-order valence-corrected chi connectivity index (χ1v) is 3.09. The number of isocyanates is 1. The molecule has 0 radical (unpaired) electrons. The molecule has 4 nitrogen and oxygen atoms in total. The molecule has 1 rings (SSSR count). The highest BCUT2D eigenvalue weighted by Gasteiger charge is 2.04. The highest BCUT2D eigenvalue weighted by molar-refractivity contribution is 5.65. The van der Waals surface area contributed by atoms with Crippen LogP contribution in [0, 0.1) is 11.3 Å². The number of rotatable bonds is 1. The van der Waals surface area contributed by atoms with Crippen LogP contribution in [0.15, 0.2) is 23.2 Å². The highest BCUT2D eigenvalue weighted by atomic mass is 16.3. The van der Waals surface area contributed by atoms with Crippen LogP contribution < -0.4 is 0 Å². The van der Waals surface area contributed by atoms with Crippen molar-refractivity contribution in [3.05, 3.63) is 23.8 Å². The fourth-order valence-electron chi connectivity index (χ4n) is 0.785. The van der Waals surface area contributed by atoms with Crippen molar-refractivity contribution in [2.75, 3.05) is 0 Å². The van der Waals surface area contributed by atoms with Crippen molar-refractivity contribution < 1.29 is 9.90 Å². The number of carbonyl (C=O) groups excluding carboxylic acids is 1. The van der Waals surface area contributed by atoms with Gasteiger partial charge >= 0.3 is 0 Å². The van der Waals surface area contributed by atoms with Gasteiger partial charge < -0.3 is 5.11 Å². The van der Waals surface area contributed by atoms with E-state index in [4.69, 9.17) is 10.4 Å². The Balaban J connectivity index is 3.41. The number of phenolic OH excluding ortho intramolecular Hbond substituents is 1. The summed E-state index contributed by atoms with van der Waals surface area (Å²) in [4.78, 5) is 13.1. The summed E-state index contributed by atoms with van der Waals surface area (Å²) in [7, 11) is 0. The van der Waals surface area contributed by atoms with Crippen LogP contribution >= 0.6 is 0 Å². The van der Waals surface area contributed by atoms with Gasteiger partial charge in [0.2, 0.25) is 6.08 Å². The Morgan fingerprint density at radius 3 is 2.83 bits per heavy atom. The monoisotopic (exact) mass is 160 g/mol.